The van der Waals surface area contributed by atoms with Gasteiger partial charge < -0.3 is 5.32 Å². The molecule has 1 aliphatic heterocycles. The first-order valence-electron chi connectivity index (χ1n) is 5.01. The van der Waals surface area contributed by atoms with E-state index in [4.69, 9.17) is 0 Å². The van der Waals surface area contributed by atoms with Gasteiger partial charge in [-0.2, -0.15) is 0 Å². The van der Waals surface area contributed by atoms with Crippen LogP contribution >= 0.6 is 11.8 Å². The van der Waals surface area contributed by atoms with Crippen LogP contribution in [0, 0.1) is 0 Å². The second kappa shape index (κ2) is 4.96. The molecule has 0 atom stereocenters. The second-order valence-electron chi connectivity index (χ2n) is 3.19. The maximum absolute atomic E-state index is 11.3. The number of imide groups is 1. The van der Waals surface area contributed by atoms with Crippen molar-refractivity contribution in [3.8, 4) is 0 Å². The van der Waals surface area contributed by atoms with Gasteiger partial charge in [-0.15, -0.1) is 0 Å². The quantitative estimate of drug-likeness (QED) is 0.785. The monoisotopic (exact) mass is 250 g/mol. The van der Waals surface area contributed by atoms with Crippen LogP contribution in [0.2, 0.25) is 0 Å². The third-order valence-electron chi connectivity index (χ3n) is 1.93. The van der Waals surface area contributed by atoms with E-state index in [2.05, 4.69) is 20.6 Å². The molecule has 1 aromatic rings. The van der Waals surface area contributed by atoms with Gasteiger partial charge in [-0.25, -0.2) is 9.97 Å². The van der Waals surface area contributed by atoms with E-state index in [1.165, 1.54) is 0 Å². The van der Waals surface area contributed by atoms with E-state index in [0.717, 1.165) is 11.8 Å². The molecular weight excluding hydrogens is 240 g/mol. The van der Waals surface area contributed by atoms with Gasteiger partial charge in [0.05, 0.1) is 10.6 Å². The maximum atomic E-state index is 11.3. The molecule has 7 heteroatoms. The number of carbonyl (C=O) groups excluding carboxylic acids is 2. The van der Waals surface area contributed by atoms with Crippen LogP contribution in [0.3, 0.4) is 0 Å². The largest absolute Gasteiger partial charge is 0.354 e. The van der Waals surface area contributed by atoms with Gasteiger partial charge >= 0.3 is 0 Å². The Labute approximate surface area is 102 Å². The Balaban J connectivity index is 2.23. The van der Waals surface area contributed by atoms with Crippen LogP contribution < -0.4 is 10.6 Å². The van der Waals surface area contributed by atoms with Gasteiger partial charge in [0, 0.05) is 12.7 Å². The number of hydrogen-bond donors (Lipinski definition) is 2. The molecule has 0 aromatic carbocycles. The number of hydrogen-bond acceptors (Lipinski definition) is 6. The summed E-state index contributed by atoms with van der Waals surface area (Å²) in [7, 11) is 0. The number of rotatable bonds is 3. The van der Waals surface area contributed by atoms with Crippen molar-refractivity contribution in [3.63, 3.8) is 0 Å². The van der Waals surface area contributed by atoms with Crippen molar-refractivity contribution in [1.82, 2.24) is 15.3 Å². The van der Waals surface area contributed by atoms with Crippen LogP contribution in [0.4, 0.5) is 10.7 Å². The Hall–Kier alpha value is -1.89. The molecule has 0 radical (unpaired) electrons. The zero-order valence-corrected chi connectivity index (χ0v) is 9.87. The molecule has 2 N–H and O–H groups in total. The number of amides is 2. The lowest BCUT2D eigenvalue weighted by Crippen LogP contribution is -2.17. The van der Waals surface area contributed by atoms with Crippen molar-refractivity contribution in [2.45, 2.75) is 6.92 Å². The van der Waals surface area contributed by atoms with E-state index >= 15 is 0 Å². The summed E-state index contributed by atoms with van der Waals surface area (Å²) in [6.07, 6.45) is 3.16. The summed E-state index contributed by atoms with van der Waals surface area (Å²) < 4.78 is 0. The number of nitrogens with zero attached hydrogens (tertiary/aromatic N) is 2. The average molecular weight is 250 g/mol. The number of carbonyl (C=O) groups is 2. The van der Waals surface area contributed by atoms with Crippen LogP contribution in [0.5, 0.6) is 0 Å². The van der Waals surface area contributed by atoms with Gasteiger partial charge in [0.25, 0.3) is 11.1 Å². The molecular formula is C10H10N4O2S. The van der Waals surface area contributed by atoms with Gasteiger partial charge in [-0.3, -0.25) is 14.9 Å². The Morgan fingerprint density at radius 1 is 1.53 bits per heavy atom. The summed E-state index contributed by atoms with van der Waals surface area (Å²) in [6, 6.07) is 1.67. The highest BCUT2D eigenvalue weighted by atomic mass is 32.2. The molecule has 1 fully saturated rings. The first-order chi connectivity index (χ1) is 8.19. The summed E-state index contributed by atoms with van der Waals surface area (Å²) in [5, 5.41) is 4.79. The molecule has 0 spiro atoms. The summed E-state index contributed by atoms with van der Waals surface area (Å²) in [5.41, 5.74) is 0.586. The Kier molecular flexibility index (Phi) is 3.38. The lowest BCUT2D eigenvalue weighted by atomic mass is 10.3. The van der Waals surface area contributed by atoms with Gasteiger partial charge in [0.1, 0.15) is 0 Å². The molecule has 88 valence electrons. The second-order valence-corrected chi connectivity index (χ2v) is 4.20. The summed E-state index contributed by atoms with van der Waals surface area (Å²) in [4.78, 5) is 30.8. The third-order valence-corrected chi connectivity index (χ3v) is 2.74. The number of thioether (sulfide) groups is 1. The van der Waals surface area contributed by atoms with E-state index in [0.29, 0.717) is 23.1 Å². The van der Waals surface area contributed by atoms with Crippen LogP contribution in [-0.4, -0.2) is 27.7 Å². The van der Waals surface area contributed by atoms with E-state index in [9.17, 15) is 9.59 Å². The van der Waals surface area contributed by atoms with E-state index in [1.54, 1.807) is 18.3 Å². The summed E-state index contributed by atoms with van der Waals surface area (Å²) >= 11 is 0.868. The highest BCUT2D eigenvalue weighted by molar-refractivity contribution is 8.18. The molecule has 1 saturated heterocycles. The predicted octanol–water partition coefficient (Wildman–Crippen LogP) is 1.23. The normalized spacial score (nSPS) is 17.4. The smallest absolute Gasteiger partial charge is 0.290 e. The zero-order chi connectivity index (χ0) is 12.3. The van der Waals surface area contributed by atoms with Crippen molar-refractivity contribution < 1.29 is 9.59 Å². The highest BCUT2D eigenvalue weighted by Crippen LogP contribution is 2.24. The highest BCUT2D eigenvalue weighted by Gasteiger charge is 2.25. The van der Waals surface area contributed by atoms with Crippen molar-refractivity contribution in [2.24, 2.45) is 0 Å². The standard InChI is InChI=1S/C10H10N4O2S/c1-2-11-9-12-4-3-6(13-9)5-7-8(15)14-10(16)17-7/h3-5H,2H2,1H3,(H,11,12,13)(H,14,15,16). The Bertz CT molecular complexity index is 501. The van der Waals surface area contributed by atoms with E-state index in [-0.39, 0.29) is 11.1 Å². The van der Waals surface area contributed by atoms with Gasteiger partial charge in [0.2, 0.25) is 5.95 Å². The topological polar surface area (TPSA) is 84.0 Å². The average Bonchev–Trinajstić information content (AvgIpc) is 2.58. The molecule has 17 heavy (non-hydrogen) atoms. The fourth-order valence-electron chi connectivity index (χ4n) is 1.25. The van der Waals surface area contributed by atoms with Crippen molar-refractivity contribution in [2.75, 3.05) is 11.9 Å². The van der Waals surface area contributed by atoms with E-state index in [1.807, 2.05) is 6.92 Å². The molecule has 2 heterocycles. The van der Waals surface area contributed by atoms with Gasteiger partial charge in [-0.1, -0.05) is 0 Å². The van der Waals surface area contributed by atoms with Crippen molar-refractivity contribution in [1.29, 1.82) is 0 Å². The predicted molar refractivity (Wildman–Crippen MR) is 65.3 cm³/mol. The summed E-state index contributed by atoms with van der Waals surface area (Å²) in [6.45, 7) is 2.65. The lowest BCUT2D eigenvalue weighted by molar-refractivity contribution is -0.115. The minimum absolute atomic E-state index is 0.344. The first kappa shape index (κ1) is 11.6. The van der Waals surface area contributed by atoms with Gasteiger partial charge in [0.15, 0.2) is 0 Å². The molecule has 6 nitrogen and oxygen atoms in total. The van der Waals surface area contributed by atoms with Crippen LogP contribution in [0.15, 0.2) is 17.2 Å². The van der Waals surface area contributed by atoms with Crippen LogP contribution in [-0.2, 0) is 4.79 Å². The Morgan fingerprint density at radius 3 is 3.00 bits per heavy atom. The van der Waals surface area contributed by atoms with Crippen molar-refractivity contribution in [3.05, 3.63) is 22.9 Å². The molecule has 0 saturated carbocycles. The molecule has 1 aromatic heterocycles. The maximum Gasteiger partial charge on any atom is 0.290 e. The third kappa shape index (κ3) is 2.82. The van der Waals surface area contributed by atoms with Gasteiger partial charge in [-0.05, 0) is 30.8 Å². The van der Waals surface area contributed by atoms with E-state index < -0.39 is 0 Å². The SMILES string of the molecule is CCNc1nccc(C=C2SC(=O)NC2=O)n1. The molecule has 2 amide bonds. The zero-order valence-electron chi connectivity index (χ0n) is 9.06. The van der Waals surface area contributed by atoms with Crippen LogP contribution in [0.25, 0.3) is 6.08 Å². The molecule has 2 rings (SSSR count). The van der Waals surface area contributed by atoms with Crippen LogP contribution in [0.1, 0.15) is 12.6 Å². The fraction of sp³-hybridized carbons (Fsp3) is 0.200. The first-order valence-corrected chi connectivity index (χ1v) is 5.82. The van der Waals surface area contributed by atoms with Crippen molar-refractivity contribution >= 4 is 34.9 Å². The number of nitrogens with one attached hydrogen (secondary N) is 2. The Morgan fingerprint density at radius 2 is 2.35 bits per heavy atom. The summed E-state index contributed by atoms with van der Waals surface area (Å²) in [5.74, 6) is 0.111. The minimum atomic E-state index is -0.386. The molecule has 1 aliphatic rings. The number of aromatic nitrogens is 2. The molecule has 0 aliphatic carbocycles. The minimum Gasteiger partial charge on any atom is -0.354 e. The lowest BCUT2D eigenvalue weighted by Gasteiger charge is -2.01. The molecule has 0 bridgehead atoms. The molecule has 0 unspecified atom stereocenters. The number of anilines is 1. The fourth-order valence-corrected chi connectivity index (χ4v) is 1.92.